The fourth-order valence-corrected chi connectivity index (χ4v) is 3.23. The van der Waals surface area contributed by atoms with Crippen molar-refractivity contribution in [1.82, 2.24) is 9.80 Å². The third-order valence-electron chi connectivity index (χ3n) is 4.57. The van der Waals surface area contributed by atoms with Gasteiger partial charge in [-0.1, -0.05) is 18.2 Å². The Bertz CT molecular complexity index is 821. The van der Waals surface area contributed by atoms with E-state index in [1.807, 2.05) is 30.3 Å². The van der Waals surface area contributed by atoms with Gasteiger partial charge in [0.1, 0.15) is 5.82 Å². The Labute approximate surface area is 158 Å². The molecule has 0 amide bonds. The molecule has 1 saturated heterocycles. The Morgan fingerprint density at radius 1 is 1.15 bits per heavy atom. The zero-order valence-electron chi connectivity index (χ0n) is 14.7. The van der Waals surface area contributed by atoms with E-state index in [2.05, 4.69) is 21.2 Å². The Kier molecular flexibility index (Phi) is 5.82. The number of piperazine rings is 1. The molecule has 1 fully saturated rings. The SMILES string of the molecule is Cc1ccc(NC(=S)N2CCN(Cc3ccc(C#N)cc3)CC2)cc1F. The first-order valence-corrected chi connectivity index (χ1v) is 8.99. The Balaban J connectivity index is 1.50. The van der Waals surface area contributed by atoms with Crippen LogP contribution < -0.4 is 5.32 Å². The number of aryl methyl sites for hydroxylation is 1. The molecule has 1 aliphatic rings. The van der Waals surface area contributed by atoms with Crippen LogP contribution in [0.3, 0.4) is 0 Å². The minimum Gasteiger partial charge on any atom is -0.346 e. The molecule has 3 rings (SSSR count). The van der Waals surface area contributed by atoms with Crippen LogP contribution in [0.15, 0.2) is 42.5 Å². The number of benzene rings is 2. The number of thiocarbonyl (C=S) groups is 1. The summed E-state index contributed by atoms with van der Waals surface area (Å²) in [6.45, 7) is 6.08. The average molecular weight is 368 g/mol. The van der Waals surface area contributed by atoms with Crippen LogP contribution in [0, 0.1) is 24.1 Å². The van der Waals surface area contributed by atoms with E-state index in [0.29, 0.717) is 21.9 Å². The molecule has 0 aromatic heterocycles. The summed E-state index contributed by atoms with van der Waals surface area (Å²) in [5, 5.41) is 12.6. The first-order chi connectivity index (χ1) is 12.5. The number of halogens is 1. The van der Waals surface area contributed by atoms with Crippen LogP contribution in [0.4, 0.5) is 10.1 Å². The number of nitrogens with one attached hydrogen (secondary N) is 1. The molecule has 2 aromatic carbocycles. The summed E-state index contributed by atoms with van der Waals surface area (Å²) in [5.74, 6) is -0.231. The molecule has 1 aliphatic heterocycles. The molecule has 134 valence electrons. The van der Waals surface area contributed by atoms with E-state index in [0.717, 1.165) is 32.7 Å². The molecule has 26 heavy (non-hydrogen) atoms. The van der Waals surface area contributed by atoms with Crippen molar-refractivity contribution in [1.29, 1.82) is 5.26 Å². The van der Waals surface area contributed by atoms with Gasteiger partial charge in [0.05, 0.1) is 11.6 Å². The molecule has 1 N–H and O–H groups in total. The number of hydrogen-bond acceptors (Lipinski definition) is 3. The van der Waals surface area contributed by atoms with Gasteiger partial charge in [0, 0.05) is 38.4 Å². The Morgan fingerprint density at radius 3 is 2.46 bits per heavy atom. The standard InChI is InChI=1S/C20H21FN4S/c1-15-2-7-18(12-19(15)21)23-20(26)25-10-8-24(9-11-25)14-17-5-3-16(13-22)4-6-17/h2-7,12H,8-11,14H2,1H3,(H,23,26). The molecule has 0 unspecified atom stereocenters. The Hall–Kier alpha value is -2.49. The first kappa shape index (κ1) is 18.3. The summed E-state index contributed by atoms with van der Waals surface area (Å²) in [4.78, 5) is 4.48. The minimum atomic E-state index is -0.231. The van der Waals surface area contributed by atoms with Gasteiger partial charge >= 0.3 is 0 Å². The highest BCUT2D eigenvalue weighted by molar-refractivity contribution is 7.80. The topological polar surface area (TPSA) is 42.3 Å². The van der Waals surface area contributed by atoms with Gasteiger partial charge in [-0.2, -0.15) is 5.26 Å². The van der Waals surface area contributed by atoms with Gasteiger partial charge in [-0.05, 0) is 54.5 Å². The van der Waals surface area contributed by atoms with Crippen LogP contribution in [0.25, 0.3) is 0 Å². The van der Waals surface area contributed by atoms with Crippen LogP contribution in [-0.2, 0) is 6.54 Å². The van der Waals surface area contributed by atoms with Crippen molar-refractivity contribution in [2.75, 3.05) is 31.5 Å². The third-order valence-corrected chi connectivity index (χ3v) is 4.93. The Morgan fingerprint density at radius 2 is 1.85 bits per heavy atom. The van der Waals surface area contributed by atoms with Gasteiger partial charge in [-0.3, -0.25) is 4.90 Å². The molecule has 0 spiro atoms. The molecular weight excluding hydrogens is 347 g/mol. The minimum absolute atomic E-state index is 0.231. The van der Waals surface area contributed by atoms with Crippen LogP contribution >= 0.6 is 12.2 Å². The highest BCUT2D eigenvalue weighted by Crippen LogP contribution is 2.15. The zero-order chi connectivity index (χ0) is 18.5. The van der Waals surface area contributed by atoms with Gasteiger partial charge in [-0.25, -0.2) is 4.39 Å². The lowest BCUT2D eigenvalue weighted by Gasteiger charge is -2.36. The average Bonchev–Trinajstić information content (AvgIpc) is 2.66. The lowest BCUT2D eigenvalue weighted by atomic mass is 10.1. The highest BCUT2D eigenvalue weighted by atomic mass is 32.1. The normalized spacial score (nSPS) is 14.7. The summed E-state index contributed by atoms with van der Waals surface area (Å²) in [5.41, 5.74) is 3.19. The molecule has 1 heterocycles. The van der Waals surface area contributed by atoms with E-state index in [1.165, 1.54) is 11.6 Å². The van der Waals surface area contributed by atoms with Gasteiger partial charge in [0.2, 0.25) is 0 Å². The van der Waals surface area contributed by atoms with Gasteiger partial charge in [-0.15, -0.1) is 0 Å². The lowest BCUT2D eigenvalue weighted by Crippen LogP contribution is -2.49. The molecule has 0 atom stereocenters. The summed E-state index contributed by atoms with van der Waals surface area (Å²) in [7, 11) is 0. The molecule has 0 radical (unpaired) electrons. The fraction of sp³-hybridized carbons (Fsp3) is 0.300. The maximum atomic E-state index is 13.7. The van der Waals surface area contributed by atoms with Crippen LogP contribution in [0.2, 0.25) is 0 Å². The summed E-state index contributed by atoms with van der Waals surface area (Å²) in [6.07, 6.45) is 0. The second-order valence-electron chi connectivity index (χ2n) is 6.47. The molecular formula is C20H21FN4S. The van der Waals surface area contributed by atoms with E-state index in [9.17, 15) is 4.39 Å². The summed E-state index contributed by atoms with van der Waals surface area (Å²) < 4.78 is 13.7. The van der Waals surface area contributed by atoms with Crippen molar-refractivity contribution >= 4 is 23.0 Å². The monoisotopic (exact) mass is 368 g/mol. The predicted octanol–water partition coefficient (Wildman–Crippen LogP) is 3.52. The number of hydrogen-bond donors (Lipinski definition) is 1. The van der Waals surface area contributed by atoms with E-state index in [4.69, 9.17) is 17.5 Å². The van der Waals surface area contributed by atoms with Gasteiger partial charge in [0.25, 0.3) is 0 Å². The largest absolute Gasteiger partial charge is 0.346 e. The smallest absolute Gasteiger partial charge is 0.173 e. The molecule has 2 aromatic rings. The lowest BCUT2D eigenvalue weighted by molar-refractivity contribution is 0.177. The highest BCUT2D eigenvalue weighted by Gasteiger charge is 2.19. The van der Waals surface area contributed by atoms with E-state index >= 15 is 0 Å². The molecule has 0 bridgehead atoms. The van der Waals surface area contributed by atoms with E-state index in [1.54, 1.807) is 13.0 Å². The molecule has 4 nitrogen and oxygen atoms in total. The number of anilines is 1. The van der Waals surface area contributed by atoms with Crippen molar-refractivity contribution in [2.45, 2.75) is 13.5 Å². The van der Waals surface area contributed by atoms with E-state index < -0.39 is 0 Å². The van der Waals surface area contributed by atoms with Crippen molar-refractivity contribution in [3.63, 3.8) is 0 Å². The van der Waals surface area contributed by atoms with Crippen molar-refractivity contribution in [3.05, 3.63) is 65.0 Å². The van der Waals surface area contributed by atoms with Crippen molar-refractivity contribution in [2.24, 2.45) is 0 Å². The number of rotatable bonds is 3. The second-order valence-corrected chi connectivity index (χ2v) is 6.85. The van der Waals surface area contributed by atoms with Crippen LogP contribution in [0.1, 0.15) is 16.7 Å². The molecule has 0 aliphatic carbocycles. The second kappa shape index (κ2) is 8.26. The summed E-state index contributed by atoms with van der Waals surface area (Å²) in [6, 6.07) is 14.9. The van der Waals surface area contributed by atoms with Gasteiger partial charge in [0.15, 0.2) is 5.11 Å². The van der Waals surface area contributed by atoms with Crippen molar-refractivity contribution < 1.29 is 4.39 Å². The van der Waals surface area contributed by atoms with Crippen molar-refractivity contribution in [3.8, 4) is 6.07 Å². The van der Waals surface area contributed by atoms with Crippen LogP contribution in [-0.4, -0.2) is 41.1 Å². The number of nitriles is 1. The maximum absolute atomic E-state index is 13.7. The predicted molar refractivity (Wildman–Crippen MR) is 105 cm³/mol. The number of nitrogens with zero attached hydrogens (tertiary/aromatic N) is 3. The third kappa shape index (κ3) is 4.57. The molecule has 6 heteroatoms. The zero-order valence-corrected chi connectivity index (χ0v) is 15.5. The van der Waals surface area contributed by atoms with Crippen LogP contribution in [0.5, 0.6) is 0 Å². The maximum Gasteiger partial charge on any atom is 0.173 e. The summed E-state index contributed by atoms with van der Waals surface area (Å²) >= 11 is 5.47. The molecule has 0 saturated carbocycles. The van der Waals surface area contributed by atoms with E-state index in [-0.39, 0.29) is 5.82 Å². The first-order valence-electron chi connectivity index (χ1n) is 8.58. The quantitative estimate of drug-likeness (QED) is 0.840. The van der Waals surface area contributed by atoms with Gasteiger partial charge < -0.3 is 10.2 Å². The fourth-order valence-electron chi connectivity index (χ4n) is 2.93.